The van der Waals surface area contributed by atoms with Crippen molar-refractivity contribution in [1.29, 1.82) is 0 Å². The summed E-state index contributed by atoms with van der Waals surface area (Å²) in [6.07, 6.45) is 2.32. The number of aliphatic hydroxyl groups is 1. The Balaban J connectivity index is 1.76. The summed E-state index contributed by atoms with van der Waals surface area (Å²) in [4.78, 5) is 13.1. The predicted octanol–water partition coefficient (Wildman–Crippen LogP) is 1.19. The third-order valence-corrected chi connectivity index (χ3v) is 3.96. The SMILES string of the molecule is CC(=O)NCCN1CCC(O)(Cc2ccccc2)CC1. The highest BCUT2D eigenvalue weighted by molar-refractivity contribution is 5.72. The number of hydrogen-bond donors (Lipinski definition) is 2. The van der Waals surface area contributed by atoms with Gasteiger partial charge in [0.05, 0.1) is 5.60 Å². The van der Waals surface area contributed by atoms with Gasteiger partial charge in [-0.15, -0.1) is 0 Å². The zero-order chi connectivity index (χ0) is 14.4. The molecule has 4 heteroatoms. The number of nitrogens with zero attached hydrogens (tertiary/aromatic N) is 1. The zero-order valence-electron chi connectivity index (χ0n) is 12.1. The molecule has 0 spiro atoms. The van der Waals surface area contributed by atoms with Crippen molar-refractivity contribution in [1.82, 2.24) is 10.2 Å². The van der Waals surface area contributed by atoms with Crippen molar-refractivity contribution in [3.05, 3.63) is 35.9 Å². The van der Waals surface area contributed by atoms with Crippen LogP contribution in [0.5, 0.6) is 0 Å². The maximum absolute atomic E-state index is 10.8. The van der Waals surface area contributed by atoms with Crippen LogP contribution in [0.1, 0.15) is 25.3 Å². The minimum absolute atomic E-state index is 0.0163. The van der Waals surface area contributed by atoms with Crippen molar-refractivity contribution in [2.45, 2.75) is 31.8 Å². The largest absolute Gasteiger partial charge is 0.389 e. The van der Waals surface area contributed by atoms with Crippen molar-refractivity contribution in [2.24, 2.45) is 0 Å². The molecule has 1 aliphatic rings. The molecule has 0 saturated carbocycles. The Hall–Kier alpha value is -1.39. The summed E-state index contributed by atoms with van der Waals surface area (Å²) in [6.45, 7) is 4.87. The molecule has 1 saturated heterocycles. The minimum Gasteiger partial charge on any atom is -0.389 e. The fourth-order valence-corrected chi connectivity index (χ4v) is 2.74. The van der Waals surface area contributed by atoms with E-state index in [0.29, 0.717) is 6.54 Å². The van der Waals surface area contributed by atoms with Crippen LogP contribution in [0.3, 0.4) is 0 Å². The molecule has 0 bridgehead atoms. The molecule has 110 valence electrons. The van der Waals surface area contributed by atoms with E-state index in [1.165, 1.54) is 12.5 Å². The molecule has 1 aromatic carbocycles. The summed E-state index contributed by atoms with van der Waals surface area (Å²) >= 11 is 0. The van der Waals surface area contributed by atoms with Gasteiger partial charge in [0.1, 0.15) is 0 Å². The second-order valence-electron chi connectivity index (χ2n) is 5.71. The molecule has 0 aromatic heterocycles. The summed E-state index contributed by atoms with van der Waals surface area (Å²) in [7, 11) is 0. The van der Waals surface area contributed by atoms with Gasteiger partial charge in [0.25, 0.3) is 0 Å². The molecular formula is C16H24N2O2. The molecule has 1 aromatic rings. The fraction of sp³-hybridized carbons (Fsp3) is 0.562. The van der Waals surface area contributed by atoms with Crippen molar-refractivity contribution < 1.29 is 9.90 Å². The smallest absolute Gasteiger partial charge is 0.216 e. The fourth-order valence-electron chi connectivity index (χ4n) is 2.74. The first kappa shape index (κ1) is 15.0. The molecule has 0 unspecified atom stereocenters. The van der Waals surface area contributed by atoms with E-state index in [1.54, 1.807) is 0 Å². The lowest BCUT2D eigenvalue weighted by atomic mass is 9.85. The molecule has 0 aliphatic carbocycles. The molecule has 1 fully saturated rings. The molecule has 0 atom stereocenters. The van der Waals surface area contributed by atoms with Gasteiger partial charge in [-0.3, -0.25) is 4.79 Å². The standard InChI is InChI=1S/C16H24N2O2/c1-14(19)17-9-12-18-10-7-16(20,8-11-18)13-15-5-3-2-4-6-15/h2-6,20H,7-13H2,1H3,(H,17,19). The summed E-state index contributed by atoms with van der Waals surface area (Å²) in [5.41, 5.74) is 0.618. The summed E-state index contributed by atoms with van der Waals surface area (Å²) in [5, 5.41) is 13.5. The maximum atomic E-state index is 10.8. The number of amides is 1. The highest BCUT2D eigenvalue weighted by Crippen LogP contribution is 2.26. The minimum atomic E-state index is -0.578. The summed E-state index contributed by atoms with van der Waals surface area (Å²) < 4.78 is 0. The molecule has 20 heavy (non-hydrogen) atoms. The monoisotopic (exact) mass is 276 g/mol. The van der Waals surface area contributed by atoms with Crippen LogP contribution in [0.25, 0.3) is 0 Å². The van der Waals surface area contributed by atoms with E-state index in [0.717, 1.165) is 38.9 Å². The number of rotatable bonds is 5. The lowest BCUT2D eigenvalue weighted by molar-refractivity contribution is -0.119. The van der Waals surface area contributed by atoms with E-state index in [4.69, 9.17) is 0 Å². The van der Waals surface area contributed by atoms with Crippen molar-refractivity contribution in [3.63, 3.8) is 0 Å². The lowest BCUT2D eigenvalue weighted by Crippen LogP contribution is -2.47. The Kier molecular flexibility index (Phi) is 5.15. The Morgan fingerprint density at radius 3 is 2.55 bits per heavy atom. The first-order valence-electron chi connectivity index (χ1n) is 7.30. The number of hydrogen-bond acceptors (Lipinski definition) is 3. The highest BCUT2D eigenvalue weighted by Gasteiger charge is 2.32. The van der Waals surface area contributed by atoms with Gasteiger partial charge in [-0.2, -0.15) is 0 Å². The van der Waals surface area contributed by atoms with Crippen LogP contribution >= 0.6 is 0 Å². The maximum Gasteiger partial charge on any atom is 0.216 e. The normalized spacial score (nSPS) is 18.7. The van der Waals surface area contributed by atoms with Crippen molar-refractivity contribution in [2.75, 3.05) is 26.2 Å². The van der Waals surface area contributed by atoms with Crippen molar-refractivity contribution in [3.8, 4) is 0 Å². The average Bonchev–Trinajstić information content (AvgIpc) is 2.42. The van der Waals surface area contributed by atoms with Crippen LogP contribution in [0.4, 0.5) is 0 Å². The van der Waals surface area contributed by atoms with Crippen LogP contribution in [0, 0.1) is 0 Å². The predicted molar refractivity (Wildman–Crippen MR) is 79.5 cm³/mol. The molecule has 2 rings (SSSR count). The second-order valence-corrected chi connectivity index (χ2v) is 5.71. The molecule has 4 nitrogen and oxygen atoms in total. The van der Waals surface area contributed by atoms with Gasteiger partial charge >= 0.3 is 0 Å². The highest BCUT2D eigenvalue weighted by atomic mass is 16.3. The Bertz CT molecular complexity index is 425. The first-order chi connectivity index (χ1) is 9.57. The van der Waals surface area contributed by atoms with Gasteiger partial charge < -0.3 is 15.3 Å². The Morgan fingerprint density at radius 1 is 1.30 bits per heavy atom. The van der Waals surface area contributed by atoms with Crippen LogP contribution in [0.2, 0.25) is 0 Å². The molecule has 1 amide bonds. The number of benzene rings is 1. The van der Waals surface area contributed by atoms with Crippen molar-refractivity contribution >= 4 is 5.91 Å². The van der Waals surface area contributed by atoms with Crippen LogP contribution < -0.4 is 5.32 Å². The lowest BCUT2D eigenvalue weighted by Gasteiger charge is -2.38. The third kappa shape index (κ3) is 4.62. The number of nitrogens with one attached hydrogen (secondary N) is 1. The van der Waals surface area contributed by atoms with Crippen LogP contribution in [0.15, 0.2) is 30.3 Å². The van der Waals surface area contributed by atoms with E-state index >= 15 is 0 Å². The average molecular weight is 276 g/mol. The van der Waals surface area contributed by atoms with Gasteiger partial charge in [-0.05, 0) is 18.4 Å². The molecule has 1 heterocycles. The number of piperidine rings is 1. The molecule has 0 radical (unpaired) electrons. The molecule has 2 N–H and O–H groups in total. The van der Waals surface area contributed by atoms with E-state index in [1.807, 2.05) is 18.2 Å². The Morgan fingerprint density at radius 2 is 1.95 bits per heavy atom. The van der Waals surface area contributed by atoms with Gasteiger partial charge in [0, 0.05) is 39.5 Å². The van der Waals surface area contributed by atoms with E-state index in [2.05, 4.69) is 22.3 Å². The third-order valence-electron chi connectivity index (χ3n) is 3.96. The summed E-state index contributed by atoms with van der Waals surface area (Å²) in [5.74, 6) is 0.0163. The molecule has 1 aliphatic heterocycles. The Labute approximate surface area is 120 Å². The van der Waals surface area contributed by atoms with Crippen LogP contribution in [-0.2, 0) is 11.2 Å². The topological polar surface area (TPSA) is 52.6 Å². The van der Waals surface area contributed by atoms with E-state index in [9.17, 15) is 9.90 Å². The van der Waals surface area contributed by atoms with Crippen LogP contribution in [-0.4, -0.2) is 47.7 Å². The summed E-state index contributed by atoms with van der Waals surface area (Å²) in [6, 6.07) is 10.2. The van der Waals surface area contributed by atoms with Gasteiger partial charge in [0.2, 0.25) is 5.91 Å². The van der Waals surface area contributed by atoms with Gasteiger partial charge in [-0.25, -0.2) is 0 Å². The van der Waals surface area contributed by atoms with Gasteiger partial charge in [-0.1, -0.05) is 30.3 Å². The number of carbonyl (C=O) groups excluding carboxylic acids is 1. The first-order valence-corrected chi connectivity index (χ1v) is 7.30. The van der Waals surface area contributed by atoms with E-state index < -0.39 is 5.60 Å². The van der Waals surface area contributed by atoms with Gasteiger partial charge in [0.15, 0.2) is 0 Å². The number of carbonyl (C=O) groups is 1. The number of likely N-dealkylation sites (tertiary alicyclic amines) is 1. The quantitative estimate of drug-likeness (QED) is 0.849. The zero-order valence-corrected chi connectivity index (χ0v) is 12.1. The molecular weight excluding hydrogens is 252 g/mol. The van der Waals surface area contributed by atoms with E-state index in [-0.39, 0.29) is 5.91 Å². The second kappa shape index (κ2) is 6.86.